The fraction of sp³-hybridized carbons (Fsp3) is 1.00. The van der Waals surface area contributed by atoms with Crippen LogP contribution >= 0.6 is 0 Å². The first kappa shape index (κ1) is 9.82. The van der Waals surface area contributed by atoms with Gasteiger partial charge in [-0.05, 0) is 0 Å². The summed E-state index contributed by atoms with van der Waals surface area (Å²) >= 11 is 0. The zero-order valence-electron chi connectivity index (χ0n) is 6.17. The summed E-state index contributed by atoms with van der Waals surface area (Å²) < 4.78 is 17.3. The molecule has 1 fully saturated rings. The van der Waals surface area contributed by atoms with Crippen molar-refractivity contribution in [2.24, 2.45) is 0 Å². The average Bonchev–Trinajstić information content (AvgIpc) is 2.08. The second kappa shape index (κ2) is 3.63. The molecule has 0 aromatic carbocycles. The highest BCUT2D eigenvalue weighted by atomic mass is 19.1. The predicted molar refractivity (Wildman–Crippen MR) is 34.9 cm³/mol. The second-order valence-corrected chi connectivity index (χ2v) is 2.67. The minimum absolute atomic E-state index is 0.651. The molecule has 0 radical (unpaired) electrons. The highest BCUT2D eigenvalue weighted by molar-refractivity contribution is 4.88. The van der Waals surface area contributed by atoms with Gasteiger partial charge >= 0.3 is 0 Å². The molecule has 1 rings (SSSR count). The molecular weight excluding hydrogens is 171 g/mol. The number of ether oxygens (including phenoxy) is 1. The number of alkyl halides is 1. The van der Waals surface area contributed by atoms with Crippen LogP contribution in [0.1, 0.15) is 0 Å². The summed E-state index contributed by atoms with van der Waals surface area (Å²) in [6, 6.07) is 0. The summed E-state index contributed by atoms with van der Waals surface area (Å²) in [4.78, 5) is 0. The lowest BCUT2D eigenvalue weighted by Crippen LogP contribution is -2.56. The van der Waals surface area contributed by atoms with Crippen molar-refractivity contribution >= 4 is 0 Å². The molecule has 0 amide bonds. The molecule has 0 aromatic rings. The first-order valence-electron chi connectivity index (χ1n) is 3.52. The molecule has 0 saturated carbocycles. The van der Waals surface area contributed by atoms with Gasteiger partial charge in [0, 0.05) is 0 Å². The molecule has 0 bridgehead atoms. The summed E-state index contributed by atoms with van der Waals surface area (Å²) in [6.07, 6.45) is -8.19. The molecule has 1 heterocycles. The molecule has 6 heteroatoms. The van der Waals surface area contributed by atoms with Crippen LogP contribution in [-0.4, -0.2) is 57.8 Å². The first-order valence-corrected chi connectivity index (χ1v) is 3.52. The van der Waals surface area contributed by atoms with E-state index in [-0.39, 0.29) is 0 Å². The third-order valence-corrected chi connectivity index (χ3v) is 1.82. The normalized spacial score (nSPS) is 49.2. The van der Waals surface area contributed by atoms with Crippen LogP contribution in [-0.2, 0) is 4.74 Å². The number of hydrogen-bond donors (Lipinski definition) is 4. The molecule has 1 saturated heterocycles. The SMILES string of the molecule is OC[C@H]1O[C@H](O)[C@H](O)[C@@H](O)[C@H]1F. The van der Waals surface area contributed by atoms with E-state index in [2.05, 4.69) is 4.74 Å². The summed E-state index contributed by atoms with van der Waals surface area (Å²) in [5.41, 5.74) is 0. The van der Waals surface area contributed by atoms with E-state index in [1.54, 1.807) is 0 Å². The third-order valence-electron chi connectivity index (χ3n) is 1.82. The fourth-order valence-electron chi connectivity index (χ4n) is 1.06. The van der Waals surface area contributed by atoms with Crippen LogP contribution in [0.5, 0.6) is 0 Å². The van der Waals surface area contributed by atoms with E-state index >= 15 is 0 Å². The topological polar surface area (TPSA) is 90.2 Å². The van der Waals surface area contributed by atoms with Crippen molar-refractivity contribution in [2.75, 3.05) is 6.61 Å². The second-order valence-electron chi connectivity index (χ2n) is 2.67. The lowest BCUT2D eigenvalue weighted by atomic mass is 10.0. The Hall–Kier alpha value is -0.270. The molecule has 0 aliphatic carbocycles. The van der Waals surface area contributed by atoms with Crippen LogP contribution in [0.25, 0.3) is 0 Å². The minimum atomic E-state index is -1.88. The van der Waals surface area contributed by atoms with Gasteiger partial charge in [-0.3, -0.25) is 0 Å². The summed E-state index contributed by atoms with van der Waals surface area (Å²) in [6.45, 7) is -0.651. The number of rotatable bonds is 1. The van der Waals surface area contributed by atoms with Gasteiger partial charge in [-0.2, -0.15) is 0 Å². The number of hydrogen-bond acceptors (Lipinski definition) is 5. The van der Waals surface area contributed by atoms with E-state index in [0.717, 1.165) is 0 Å². The van der Waals surface area contributed by atoms with E-state index in [0.29, 0.717) is 0 Å². The van der Waals surface area contributed by atoms with Crippen molar-refractivity contribution in [1.29, 1.82) is 0 Å². The molecule has 0 spiro atoms. The van der Waals surface area contributed by atoms with Gasteiger partial charge in [0.15, 0.2) is 12.5 Å². The molecule has 0 unspecified atom stereocenters. The van der Waals surface area contributed by atoms with Crippen molar-refractivity contribution in [3.8, 4) is 0 Å². The van der Waals surface area contributed by atoms with Crippen molar-refractivity contribution in [3.63, 3.8) is 0 Å². The van der Waals surface area contributed by atoms with Gasteiger partial charge in [0.25, 0.3) is 0 Å². The molecule has 1 aliphatic heterocycles. The Morgan fingerprint density at radius 1 is 1.17 bits per heavy atom. The van der Waals surface area contributed by atoms with Gasteiger partial charge in [0.05, 0.1) is 6.61 Å². The van der Waals surface area contributed by atoms with Crippen molar-refractivity contribution in [3.05, 3.63) is 0 Å². The van der Waals surface area contributed by atoms with E-state index < -0.39 is 37.4 Å². The van der Waals surface area contributed by atoms with Crippen molar-refractivity contribution < 1.29 is 29.6 Å². The Kier molecular flexibility index (Phi) is 2.97. The molecule has 72 valence electrons. The van der Waals surface area contributed by atoms with Gasteiger partial charge in [0.1, 0.15) is 18.3 Å². The third kappa shape index (κ3) is 1.57. The first-order chi connectivity index (χ1) is 5.57. The maximum absolute atomic E-state index is 12.9. The largest absolute Gasteiger partial charge is 0.394 e. The van der Waals surface area contributed by atoms with Crippen LogP contribution in [0.2, 0.25) is 0 Å². The van der Waals surface area contributed by atoms with Crippen LogP contribution in [0.15, 0.2) is 0 Å². The van der Waals surface area contributed by atoms with Crippen LogP contribution in [0.3, 0.4) is 0 Å². The highest BCUT2D eigenvalue weighted by Gasteiger charge is 2.43. The zero-order valence-corrected chi connectivity index (χ0v) is 6.17. The van der Waals surface area contributed by atoms with E-state index in [1.807, 2.05) is 0 Å². The van der Waals surface area contributed by atoms with Gasteiger partial charge in [0.2, 0.25) is 0 Å². The van der Waals surface area contributed by atoms with Gasteiger partial charge in [-0.1, -0.05) is 0 Å². The number of aliphatic hydroxyl groups excluding tert-OH is 4. The molecule has 12 heavy (non-hydrogen) atoms. The number of halogens is 1. The molecule has 4 N–H and O–H groups in total. The molecule has 5 atom stereocenters. The monoisotopic (exact) mass is 182 g/mol. The Morgan fingerprint density at radius 3 is 2.25 bits per heavy atom. The molecule has 5 nitrogen and oxygen atoms in total. The fourth-order valence-corrected chi connectivity index (χ4v) is 1.06. The predicted octanol–water partition coefficient (Wildman–Crippen LogP) is -2.24. The lowest BCUT2D eigenvalue weighted by Gasteiger charge is -2.36. The van der Waals surface area contributed by atoms with Gasteiger partial charge in [-0.15, -0.1) is 0 Å². The zero-order chi connectivity index (χ0) is 9.30. The van der Waals surface area contributed by atoms with E-state index in [1.165, 1.54) is 0 Å². The summed E-state index contributed by atoms with van der Waals surface area (Å²) in [7, 11) is 0. The van der Waals surface area contributed by atoms with Gasteiger partial charge < -0.3 is 25.2 Å². The van der Waals surface area contributed by atoms with Crippen LogP contribution in [0, 0.1) is 0 Å². The summed E-state index contributed by atoms with van der Waals surface area (Å²) in [5.74, 6) is 0. The quantitative estimate of drug-likeness (QED) is 0.368. The Balaban J connectivity index is 2.63. The molecule has 0 aromatic heterocycles. The Morgan fingerprint density at radius 2 is 1.75 bits per heavy atom. The van der Waals surface area contributed by atoms with Crippen molar-refractivity contribution in [1.82, 2.24) is 0 Å². The summed E-state index contributed by atoms with van der Waals surface area (Å²) in [5, 5.41) is 35.2. The minimum Gasteiger partial charge on any atom is -0.394 e. The van der Waals surface area contributed by atoms with E-state index in [9.17, 15) is 4.39 Å². The van der Waals surface area contributed by atoms with Crippen molar-refractivity contribution in [2.45, 2.75) is 30.8 Å². The molecule has 1 aliphatic rings. The number of aliphatic hydroxyl groups is 4. The standard InChI is InChI=1S/C6H11FO5/c7-3-2(1-8)12-6(11)5(10)4(3)9/h2-6,8-11H,1H2/t2-,3+,4+,5-,6+/m1/s1. The maximum Gasteiger partial charge on any atom is 0.184 e. The Bertz CT molecular complexity index is 150. The molecular formula is C6H11FO5. The smallest absolute Gasteiger partial charge is 0.184 e. The average molecular weight is 182 g/mol. The lowest BCUT2D eigenvalue weighted by molar-refractivity contribution is -0.274. The Labute approximate surface area is 68.0 Å². The van der Waals surface area contributed by atoms with E-state index in [4.69, 9.17) is 20.4 Å². The highest BCUT2D eigenvalue weighted by Crippen LogP contribution is 2.21. The van der Waals surface area contributed by atoms with Crippen LogP contribution in [0.4, 0.5) is 4.39 Å². The van der Waals surface area contributed by atoms with Gasteiger partial charge in [-0.25, -0.2) is 4.39 Å². The maximum atomic E-state index is 12.9. The van der Waals surface area contributed by atoms with Crippen LogP contribution < -0.4 is 0 Å².